The largest absolute Gasteiger partial charge is 0.394 e. The van der Waals surface area contributed by atoms with Gasteiger partial charge in [-0.2, -0.15) is 0 Å². The Labute approximate surface area is 65.5 Å². The first kappa shape index (κ1) is 10.3. The maximum absolute atomic E-state index is 10.8. The molecule has 5 nitrogen and oxygen atoms in total. The summed E-state index contributed by atoms with van der Waals surface area (Å²) in [5.74, 6) is 4.33. The number of aliphatic hydroxyl groups excluding tert-OH is 1. The monoisotopic (exact) mass is 162 g/mol. The Morgan fingerprint density at radius 1 is 1.73 bits per heavy atom. The van der Waals surface area contributed by atoms with E-state index >= 15 is 0 Å². The van der Waals surface area contributed by atoms with E-state index in [4.69, 9.17) is 5.11 Å². The van der Waals surface area contributed by atoms with E-state index in [0.29, 0.717) is 0 Å². The van der Waals surface area contributed by atoms with Gasteiger partial charge in [0.1, 0.15) is 6.61 Å². The van der Waals surface area contributed by atoms with Crippen molar-refractivity contribution in [2.45, 2.75) is 19.4 Å². The zero-order valence-electron chi connectivity index (χ0n) is 6.76. The van der Waals surface area contributed by atoms with Crippen LogP contribution < -0.4 is 11.2 Å². The van der Waals surface area contributed by atoms with Crippen molar-refractivity contribution >= 4 is 5.91 Å². The van der Waals surface area contributed by atoms with Gasteiger partial charge < -0.3 is 10.4 Å². The van der Waals surface area contributed by atoms with Crippen LogP contribution in [0.5, 0.6) is 0 Å². The van der Waals surface area contributed by atoms with Gasteiger partial charge in [-0.3, -0.25) is 9.63 Å². The standard InChI is InChI=1S/C6H14N2O3/c1-6(2,4-9)8-5(10)3-11-7/h9H,3-4,7H2,1-2H3,(H,8,10). The lowest BCUT2D eigenvalue weighted by molar-refractivity contribution is -0.127. The third-order valence-electron chi connectivity index (χ3n) is 1.09. The summed E-state index contributed by atoms with van der Waals surface area (Å²) in [6.45, 7) is 3.08. The summed E-state index contributed by atoms with van der Waals surface area (Å²) in [6, 6.07) is 0. The molecule has 0 rings (SSSR count). The van der Waals surface area contributed by atoms with Crippen molar-refractivity contribution in [1.82, 2.24) is 5.32 Å². The lowest BCUT2D eigenvalue weighted by Crippen LogP contribution is -2.47. The van der Waals surface area contributed by atoms with Crippen LogP contribution in [0, 0.1) is 0 Å². The third kappa shape index (κ3) is 4.72. The number of carbonyl (C=O) groups is 1. The number of hydrogen-bond donors (Lipinski definition) is 3. The fraction of sp³-hybridized carbons (Fsp3) is 0.833. The zero-order valence-corrected chi connectivity index (χ0v) is 6.76. The first-order valence-electron chi connectivity index (χ1n) is 3.25. The number of carbonyl (C=O) groups excluding carboxylic acids is 1. The van der Waals surface area contributed by atoms with Crippen LogP contribution in [0.4, 0.5) is 0 Å². The molecule has 0 aliphatic carbocycles. The molecule has 0 aromatic carbocycles. The summed E-state index contributed by atoms with van der Waals surface area (Å²) in [5.41, 5.74) is -0.615. The van der Waals surface area contributed by atoms with Crippen molar-refractivity contribution in [3.05, 3.63) is 0 Å². The molecule has 0 aromatic rings. The second kappa shape index (κ2) is 4.27. The molecule has 66 valence electrons. The van der Waals surface area contributed by atoms with E-state index in [1.165, 1.54) is 0 Å². The minimum atomic E-state index is -0.615. The highest BCUT2D eigenvalue weighted by Gasteiger charge is 2.18. The lowest BCUT2D eigenvalue weighted by Gasteiger charge is -2.22. The van der Waals surface area contributed by atoms with Gasteiger partial charge in [-0.05, 0) is 13.8 Å². The Balaban J connectivity index is 3.74. The molecule has 0 radical (unpaired) electrons. The first-order chi connectivity index (χ1) is 5.02. The molecule has 0 unspecified atom stereocenters. The van der Waals surface area contributed by atoms with Crippen molar-refractivity contribution in [1.29, 1.82) is 0 Å². The molecule has 0 saturated carbocycles. The first-order valence-corrected chi connectivity index (χ1v) is 3.25. The van der Waals surface area contributed by atoms with Crippen LogP contribution in [0.1, 0.15) is 13.8 Å². The Morgan fingerprint density at radius 3 is 2.64 bits per heavy atom. The molecule has 0 spiro atoms. The van der Waals surface area contributed by atoms with Gasteiger partial charge in [0.25, 0.3) is 0 Å². The number of nitrogens with one attached hydrogen (secondary N) is 1. The average molecular weight is 162 g/mol. The summed E-state index contributed by atoms with van der Waals surface area (Å²) in [4.78, 5) is 14.9. The van der Waals surface area contributed by atoms with E-state index in [9.17, 15) is 4.79 Å². The van der Waals surface area contributed by atoms with Crippen LogP contribution in [0.25, 0.3) is 0 Å². The van der Waals surface area contributed by atoms with Crippen LogP contribution in [0.15, 0.2) is 0 Å². The number of amides is 1. The molecule has 1 amide bonds. The minimum absolute atomic E-state index is 0.122. The van der Waals surface area contributed by atoms with Gasteiger partial charge in [0.15, 0.2) is 0 Å². The maximum atomic E-state index is 10.8. The summed E-state index contributed by atoms with van der Waals surface area (Å²) in [5, 5.41) is 11.2. The van der Waals surface area contributed by atoms with Crippen LogP contribution in [-0.4, -0.2) is 29.8 Å². The Bertz CT molecular complexity index is 136. The highest BCUT2D eigenvalue weighted by atomic mass is 16.6. The molecule has 0 aliphatic heterocycles. The van der Waals surface area contributed by atoms with Crippen LogP contribution in [-0.2, 0) is 9.63 Å². The lowest BCUT2D eigenvalue weighted by atomic mass is 10.1. The molecule has 4 N–H and O–H groups in total. The highest BCUT2D eigenvalue weighted by molar-refractivity contribution is 5.77. The second-order valence-corrected chi connectivity index (χ2v) is 2.90. The SMILES string of the molecule is CC(C)(CO)NC(=O)CON. The second-order valence-electron chi connectivity index (χ2n) is 2.90. The predicted octanol–water partition coefficient (Wildman–Crippen LogP) is -1.24. The average Bonchev–Trinajstić information content (AvgIpc) is 1.87. The van der Waals surface area contributed by atoms with Crippen molar-refractivity contribution in [3.8, 4) is 0 Å². The molecule has 0 fully saturated rings. The smallest absolute Gasteiger partial charge is 0.248 e. The van der Waals surface area contributed by atoms with Gasteiger partial charge >= 0.3 is 0 Å². The minimum Gasteiger partial charge on any atom is -0.394 e. The van der Waals surface area contributed by atoms with Crippen LogP contribution in [0.3, 0.4) is 0 Å². The number of aliphatic hydroxyl groups is 1. The van der Waals surface area contributed by atoms with E-state index in [1.54, 1.807) is 13.8 Å². The molecule has 0 aliphatic rings. The van der Waals surface area contributed by atoms with E-state index < -0.39 is 5.54 Å². The topological polar surface area (TPSA) is 84.6 Å². The molecule has 0 saturated heterocycles. The van der Waals surface area contributed by atoms with Crippen molar-refractivity contribution in [2.24, 2.45) is 5.90 Å². The number of hydrogen-bond acceptors (Lipinski definition) is 4. The van der Waals surface area contributed by atoms with Crippen molar-refractivity contribution < 1.29 is 14.7 Å². The molecular formula is C6H14N2O3. The third-order valence-corrected chi connectivity index (χ3v) is 1.09. The molecule has 0 aromatic heterocycles. The van der Waals surface area contributed by atoms with E-state index in [1.807, 2.05) is 0 Å². The highest BCUT2D eigenvalue weighted by Crippen LogP contribution is 1.98. The van der Waals surface area contributed by atoms with Gasteiger partial charge in [0.05, 0.1) is 12.1 Å². The summed E-state index contributed by atoms with van der Waals surface area (Å²) >= 11 is 0. The quantitative estimate of drug-likeness (QED) is 0.451. The molecule has 0 heterocycles. The van der Waals surface area contributed by atoms with Gasteiger partial charge in [0.2, 0.25) is 5.91 Å². The molecule has 11 heavy (non-hydrogen) atoms. The molecule has 5 heteroatoms. The van der Waals surface area contributed by atoms with E-state index in [2.05, 4.69) is 16.1 Å². The normalized spacial score (nSPS) is 11.3. The van der Waals surface area contributed by atoms with Gasteiger partial charge in [0, 0.05) is 0 Å². The predicted molar refractivity (Wildman–Crippen MR) is 39.4 cm³/mol. The van der Waals surface area contributed by atoms with Crippen molar-refractivity contribution in [2.75, 3.05) is 13.2 Å². The van der Waals surface area contributed by atoms with Crippen LogP contribution in [0.2, 0.25) is 0 Å². The van der Waals surface area contributed by atoms with Gasteiger partial charge in [-0.15, -0.1) is 0 Å². The van der Waals surface area contributed by atoms with Crippen molar-refractivity contribution in [3.63, 3.8) is 0 Å². The van der Waals surface area contributed by atoms with E-state index in [-0.39, 0.29) is 19.1 Å². The molecule has 0 bridgehead atoms. The Kier molecular flexibility index (Phi) is 4.02. The Morgan fingerprint density at radius 2 is 2.27 bits per heavy atom. The van der Waals surface area contributed by atoms with Gasteiger partial charge in [-0.1, -0.05) is 0 Å². The summed E-state index contributed by atoms with van der Waals surface area (Å²) < 4.78 is 0. The number of nitrogens with two attached hydrogens (primary N) is 1. The molecular weight excluding hydrogens is 148 g/mol. The Hall–Kier alpha value is -0.650. The maximum Gasteiger partial charge on any atom is 0.248 e. The van der Waals surface area contributed by atoms with Crippen LogP contribution >= 0.6 is 0 Å². The molecule has 0 atom stereocenters. The fourth-order valence-electron chi connectivity index (χ4n) is 0.529. The van der Waals surface area contributed by atoms with Gasteiger partial charge in [-0.25, -0.2) is 5.90 Å². The fourth-order valence-corrected chi connectivity index (χ4v) is 0.529. The summed E-state index contributed by atoms with van der Waals surface area (Å²) in [6.07, 6.45) is 0. The number of rotatable bonds is 4. The summed E-state index contributed by atoms with van der Waals surface area (Å²) in [7, 11) is 0. The zero-order chi connectivity index (χ0) is 8.91. The van der Waals surface area contributed by atoms with E-state index in [0.717, 1.165) is 0 Å².